The Hall–Kier alpha value is -0.750. The molecule has 0 radical (unpaired) electrons. The van der Waals surface area contributed by atoms with Crippen LogP contribution in [0.3, 0.4) is 0 Å². The Morgan fingerprint density at radius 1 is 1.53 bits per heavy atom. The molecule has 0 aliphatic carbocycles. The second-order valence-electron chi connectivity index (χ2n) is 4.45. The van der Waals surface area contributed by atoms with Crippen molar-refractivity contribution in [3.05, 3.63) is 0 Å². The number of nitrogens with zero attached hydrogens (tertiary/aromatic N) is 1. The van der Waals surface area contributed by atoms with Crippen molar-refractivity contribution in [3.8, 4) is 0 Å². The zero-order valence-corrected chi connectivity index (χ0v) is 10.3. The lowest BCUT2D eigenvalue weighted by atomic mass is 10.2. The predicted molar refractivity (Wildman–Crippen MR) is 60.1 cm³/mol. The van der Waals surface area contributed by atoms with Crippen LogP contribution in [-0.4, -0.2) is 55.6 Å². The fourth-order valence-electron chi connectivity index (χ4n) is 1.87. The van der Waals surface area contributed by atoms with Gasteiger partial charge in [0.05, 0.1) is 12.6 Å². The predicted octanol–water partition coefficient (Wildman–Crippen LogP) is 0.867. The molecule has 1 heterocycles. The normalized spacial score (nSPS) is 20.9. The molecule has 1 aliphatic heterocycles. The minimum atomic E-state index is -2.44. The van der Waals surface area contributed by atoms with Crippen LogP contribution in [0.2, 0.25) is 0 Å². The van der Waals surface area contributed by atoms with Gasteiger partial charge in [-0.2, -0.15) is 0 Å². The standard InChI is InChI=1S/C11H20F2N2O2/c1-8(2)14-9-3-4-15(11(9)16)5-6-17-7-10(12)13/h8-10,14H,3-7H2,1-2H3. The van der Waals surface area contributed by atoms with Gasteiger partial charge in [-0.05, 0) is 6.42 Å². The van der Waals surface area contributed by atoms with Crippen molar-refractivity contribution in [2.24, 2.45) is 0 Å². The summed E-state index contributed by atoms with van der Waals surface area (Å²) in [7, 11) is 0. The highest BCUT2D eigenvalue weighted by Crippen LogP contribution is 2.11. The number of likely N-dealkylation sites (tertiary alicyclic amines) is 1. The molecule has 0 spiro atoms. The van der Waals surface area contributed by atoms with Crippen LogP contribution in [0.5, 0.6) is 0 Å². The van der Waals surface area contributed by atoms with E-state index in [0.29, 0.717) is 13.1 Å². The van der Waals surface area contributed by atoms with Crippen molar-refractivity contribution in [1.29, 1.82) is 0 Å². The summed E-state index contributed by atoms with van der Waals surface area (Å²) < 4.78 is 28.4. The van der Waals surface area contributed by atoms with E-state index in [4.69, 9.17) is 4.74 Å². The maximum Gasteiger partial charge on any atom is 0.261 e. The highest BCUT2D eigenvalue weighted by atomic mass is 19.3. The number of rotatable bonds is 7. The second-order valence-corrected chi connectivity index (χ2v) is 4.45. The Labute approximate surface area is 100 Å². The summed E-state index contributed by atoms with van der Waals surface area (Å²) in [5.74, 6) is 0.0411. The van der Waals surface area contributed by atoms with Crippen molar-refractivity contribution >= 4 is 5.91 Å². The Morgan fingerprint density at radius 2 is 2.24 bits per heavy atom. The lowest BCUT2D eigenvalue weighted by Crippen LogP contribution is -2.42. The van der Waals surface area contributed by atoms with E-state index < -0.39 is 13.0 Å². The summed E-state index contributed by atoms with van der Waals surface area (Å²) in [6, 6.07) is 0.129. The zero-order valence-electron chi connectivity index (χ0n) is 10.3. The number of ether oxygens (including phenoxy) is 1. The molecule has 1 unspecified atom stereocenters. The van der Waals surface area contributed by atoms with Crippen LogP contribution < -0.4 is 5.32 Å². The Kier molecular flexibility index (Phi) is 5.77. The zero-order chi connectivity index (χ0) is 12.8. The number of halogens is 2. The summed E-state index contributed by atoms with van der Waals surface area (Å²) in [5, 5.41) is 3.18. The first-order chi connectivity index (χ1) is 8.00. The van der Waals surface area contributed by atoms with Gasteiger partial charge in [0.1, 0.15) is 6.61 Å². The maximum absolute atomic E-state index is 11.8. The van der Waals surface area contributed by atoms with Crippen molar-refractivity contribution < 1.29 is 18.3 Å². The molecule has 0 aromatic heterocycles. The molecule has 1 aliphatic rings. The van der Waals surface area contributed by atoms with E-state index in [-0.39, 0.29) is 24.6 Å². The molecular formula is C11H20F2N2O2. The number of amides is 1. The fourth-order valence-corrected chi connectivity index (χ4v) is 1.87. The third-order valence-electron chi connectivity index (χ3n) is 2.58. The average Bonchev–Trinajstić information content (AvgIpc) is 2.55. The maximum atomic E-state index is 11.8. The molecule has 17 heavy (non-hydrogen) atoms. The Morgan fingerprint density at radius 3 is 2.82 bits per heavy atom. The molecule has 1 rings (SSSR count). The molecule has 0 bridgehead atoms. The van der Waals surface area contributed by atoms with Crippen molar-refractivity contribution in [2.45, 2.75) is 38.8 Å². The van der Waals surface area contributed by atoms with Gasteiger partial charge in [0.15, 0.2) is 0 Å². The second kappa shape index (κ2) is 6.86. The molecule has 4 nitrogen and oxygen atoms in total. The quantitative estimate of drug-likeness (QED) is 0.682. The van der Waals surface area contributed by atoms with Crippen LogP contribution >= 0.6 is 0 Å². The lowest BCUT2D eigenvalue weighted by Gasteiger charge is -2.18. The molecule has 1 N–H and O–H groups in total. The van der Waals surface area contributed by atoms with Crippen molar-refractivity contribution in [1.82, 2.24) is 10.2 Å². The highest BCUT2D eigenvalue weighted by molar-refractivity contribution is 5.84. The Bertz CT molecular complexity index is 250. The third kappa shape index (κ3) is 4.95. The van der Waals surface area contributed by atoms with Crippen LogP contribution in [-0.2, 0) is 9.53 Å². The SMILES string of the molecule is CC(C)NC1CCN(CCOCC(F)F)C1=O. The molecule has 1 fully saturated rings. The van der Waals surface area contributed by atoms with E-state index in [9.17, 15) is 13.6 Å². The van der Waals surface area contributed by atoms with Gasteiger partial charge >= 0.3 is 0 Å². The van der Waals surface area contributed by atoms with E-state index in [0.717, 1.165) is 6.42 Å². The van der Waals surface area contributed by atoms with E-state index in [1.165, 1.54) is 0 Å². The number of hydrogen-bond acceptors (Lipinski definition) is 3. The molecule has 1 saturated heterocycles. The largest absolute Gasteiger partial charge is 0.374 e. The van der Waals surface area contributed by atoms with Gasteiger partial charge in [-0.25, -0.2) is 8.78 Å². The number of hydrogen-bond donors (Lipinski definition) is 1. The molecule has 0 aromatic carbocycles. The van der Waals surface area contributed by atoms with E-state index in [1.54, 1.807) is 4.90 Å². The van der Waals surface area contributed by atoms with Gasteiger partial charge in [0.2, 0.25) is 5.91 Å². The van der Waals surface area contributed by atoms with Gasteiger partial charge in [0.25, 0.3) is 6.43 Å². The van der Waals surface area contributed by atoms with Crippen LogP contribution in [0.25, 0.3) is 0 Å². The average molecular weight is 250 g/mol. The highest BCUT2D eigenvalue weighted by Gasteiger charge is 2.31. The fraction of sp³-hybridized carbons (Fsp3) is 0.909. The van der Waals surface area contributed by atoms with Gasteiger partial charge in [-0.15, -0.1) is 0 Å². The third-order valence-corrected chi connectivity index (χ3v) is 2.58. The molecule has 0 saturated carbocycles. The Balaban J connectivity index is 2.21. The van der Waals surface area contributed by atoms with Crippen LogP contribution in [0.4, 0.5) is 8.78 Å². The summed E-state index contributed by atoms with van der Waals surface area (Å²) in [6.45, 7) is 4.65. The number of carbonyl (C=O) groups excluding carboxylic acids is 1. The van der Waals surface area contributed by atoms with E-state index in [1.807, 2.05) is 13.8 Å². The molecular weight excluding hydrogens is 230 g/mol. The van der Waals surface area contributed by atoms with Gasteiger partial charge < -0.3 is 15.0 Å². The van der Waals surface area contributed by atoms with Gasteiger partial charge in [-0.1, -0.05) is 13.8 Å². The molecule has 1 amide bonds. The number of nitrogens with one attached hydrogen (secondary N) is 1. The summed E-state index contributed by atoms with van der Waals surface area (Å²) in [4.78, 5) is 13.5. The van der Waals surface area contributed by atoms with Crippen molar-refractivity contribution in [3.63, 3.8) is 0 Å². The lowest BCUT2D eigenvalue weighted by molar-refractivity contribution is -0.130. The monoisotopic (exact) mass is 250 g/mol. The summed E-state index contributed by atoms with van der Waals surface area (Å²) in [5.41, 5.74) is 0. The van der Waals surface area contributed by atoms with E-state index >= 15 is 0 Å². The molecule has 1 atom stereocenters. The van der Waals surface area contributed by atoms with Gasteiger partial charge in [-0.3, -0.25) is 4.79 Å². The smallest absolute Gasteiger partial charge is 0.261 e. The minimum Gasteiger partial charge on any atom is -0.374 e. The summed E-state index contributed by atoms with van der Waals surface area (Å²) in [6.07, 6.45) is -1.68. The van der Waals surface area contributed by atoms with Gasteiger partial charge in [0, 0.05) is 19.1 Å². The first kappa shape index (κ1) is 14.3. The van der Waals surface area contributed by atoms with Crippen LogP contribution in [0.15, 0.2) is 0 Å². The molecule has 6 heteroatoms. The van der Waals surface area contributed by atoms with Crippen LogP contribution in [0.1, 0.15) is 20.3 Å². The molecule has 100 valence electrons. The number of alkyl halides is 2. The van der Waals surface area contributed by atoms with E-state index in [2.05, 4.69) is 5.32 Å². The van der Waals surface area contributed by atoms with Crippen molar-refractivity contribution in [2.75, 3.05) is 26.3 Å². The first-order valence-corrected chi connectivity index (χ1v) is 5.91. The minimum absolute atomic E-state index is 0.0411. The van der Waals surface area contributed by atoms with Crippen LogP contribution in [0, 0.1) is 0 Å². The summed E-state index contributed by atoms with van der Waals surface area (Å²) >= 11 is 0. The molecule has 0 aromatic rings. The number of carbonyl (C=O) groups is 1. The topological polar surface area (TPSA) is 41.6 Å². The first-order valence-electron chi connectivity index (χ1n) is 5.91.